The summed E-state index contributed by atoms with van der Waals surface area (Å²) in [6, 6.07) is 17.4. The van der Waals surface area contributed by atoms with Gasteiger partial charge in [-0.1, -0.05) is 18.2 Å². The zero-order valence-electron chi connectivity index (χ0n) is 14.2. The minimum atomic E-state index is -0.338. The smallest absolute Gasteiger partial charge is 0.259 e. The van der Waals surface area contributed by atoms with Crippen LogP contribution in [-0.4, -0.2) is 17.4 Å². The number of halogens is 1. The van der Waals surface area contributed by atoms with Crippen molar-refractivity contribution in [3.63, 3.8) is 0 Å². The van der Waals surface area contributed by atoms with Gasteiger partial charge in [-0.25, -0.2) is 9.37 Å². The van der Waals surface area contributed by atoms with Crippen molar-refractivity contribution in [2.24, 2.45) is 0 Å². The molecule has 0 bridgehead atoms. The molecule has 4 nitrogen and oxygen atoms in total. The van der Waals surface area contributed by atoms with Gasteiger partial charge in [-0.3, -0.25) is 4.79 Å². The molecule has 2 heterocycles. The van der Waals surface area contributed by atoms with E-state index in [1.54, 1.807) is 30.5 Å². The number of carbonyl (C=O) groups is 1. The van der Waals surface area contributed by atoms with E-state index >= 15 is 0 Å². The summed E-state index contributed by atoms with van der Waals surface area (Å²) < 4.78 is 13.1. The number of aromatic nitrogens is 1. The molecule has 1 aliphatic rings. The van der Waals surface area contributed by atoms with E-state index < -0.39 is 0 Å². The number of pyridine rings is 1. The van der Waals surface area contributed by atoms with Gasteiger partial charge in [0.1, 0.15) is 11.6 Å². The van der Waals surface area contributed by atoms with E-state index in [0.29, 0.717) is 17.1 Å². The van der Waals surface area contributed by atoms with Crippen LogP contribution in [-0.2, 0) is 6.42 Å². The van der Waals surface area contributed by atoms with Crippen molar-refractivity contribution in [3.8, 4) is 0 Å². The number of nitrogens with zero attached hydrogens (tertiary/aromatic N) is 2. The van der Waals surface area contributed by atoms with Gasteiger partial charge >= 0.3 is 0 Å². The van der Waals surface area contributed by atoms with Crippen molar-refractivity contribution in [1.29, 1.82) is 0 Å². The number of amides is 1. The highest BCUT2D eigenvalue weighted by molar-refractivity contribution is 6.08. The lowest BCUT2D eigenvalue weighted by Gasteiger charge is -2.31. The molecule has 0 aliphatic carbocycles. The van der Waals surface area contributed by atoms with E-state index in [0.717, 1.165) is 25.1 Å². The van der Waals surface area contributed by atoms with Gasteiger partial charge in [0.2, 0.25) is 0 Å². The lowest BCUT2D eigenvalue weighted by Crippen LogP contribution is -2.28. The second kappa shape index (κ2) is 6.96. The van der Waals surface area contributed by atoms with Crippen molar-refractivity contribution in [3.05, 3.63) is 83.8 Å². The summed E-state index contributed by atoms with van der Waals surface area (Å²) in [6.07, 6.45) is 3.73. The number of anilines is 3. The Morgan fingerprint density at radius 2 is 1.85 bits per heavy atom. The fraction of sp³-hybridized carbons (Fsp3) is 0.143. The fourth-order valence-corrected chi connectivity index (χ4v) is 3.27. The van der Waals surface area contributed by atoms with E-state index in [1.807, 2.05) is 12.1 Å². The van der Waals surface area contributed by atoms with Crippen molar-refractivity contribution in [1.82, 2.24) is 4.98 Å². The van der Waals surface area contributed by atoms with Gasteiger partial charge in [0.15, 0.2) is 0 Å². The van der Waals surface area contributed by atoms with E-state index in [4.69, 9.17) is 0 Å². The molecule has 5 heteroatoms. The number of hydrogen-bond donors (Lipinski definition) is 1. The lowest BCUT2D eigenvalue weighted by atomic mass is 10.0. The zero-order chi connectivity index (χ0) is 17.9. The molecular weight excluding hydrogens is 329 g/mol. The average molecular weight is 347 g/mol. The first-order valence-corrected chi connectivity index (χ1v) is 8.60. The zero-order valence-corrected chi connectivity index (χ0v) is 14.2. The maximum absolute atomic E-state index is 13.1. The molecule has 26 heavy (non-hydrogen) atoms. The van der Waals surface area contributed by atoms with Crippen LogP contribution in [0.2, 0.25) is 0 Å². The molecule has 1 aromatic heterocycles. The Morgan fingerprint density at radius 3 is 2.69 bits per heavy atom. The van der Waals surface area contributed by atoms with Crippen LogP contribution in [0.5, 0.6) is 0 Å². The fourth-order valence-electron chi connectivity index (χ4n) is 3.27. The normalized spacial score (nSPS) is 13.2. The van der Waals surface area contributed by atoms with Crippen LogP contribution in [0.15, 0.2) is 66.9 Å². The Labute approximate surface area is 151 Å². The number of rotatable bonds is 3. The first-order valence-electron chi connectivity index (χ1n) is 8.60. The van der Waals surface area contributed by atoms with Crippen LogP contribution < -0.4 is 10.2 Å². The third-order valence-electron chi connectivity index (χ3n) is 4.50. The highest BCUT2D eigenvalue weighted by Gasteiger charge is 2.23. The van der Waals surface area contributed by atoms with Crippen molar-refractivity contribution in [2.75, 3.05) is 16.8 Å². The highest BCUT2D eigenvalue weighted by Crippen LogP contribution is 2.34. The number of aryl methyl sites for hydroxylation is 1. The predicted molar refractivity (Wildman–Crippen MR) is 100 cm³/mol. The first-order chi connectivity index (χ1) is 12.7. The third kappa shape index (κ3) is 3.16. The Bertz CT molecular complexity index is 940. The minimum absolute atomic E-state index is 0.261. The first kappa shape index (κ1) is 16.3. The summed E-state index contributed by atoms with van der Waals surface area (Å²) in [4.78, 5) is 19.4. The Hall–Kier alpha value is -3.21. The second-order valence-corrected chi connectivity index (χ2v) is 6.22. The summed E-state index contributed by atoms with van der Waals surface area (Å²) in [5.41, 5.74) is 3.39. The molecule has 0 radical (unpaired) electrons. The number of benzene rings is 2. The molecule has 1 amide bonds. The van der Waals surface area contributed by atoms with E-state index in [-0.39, 0.29) is 11.7 Å². The third-order valence-corrected chi connectivity index (χ3v) is 4.50. The number of nitrogens with one attached hydrogen (secondary N) is 1. The largest absolute Gasteiger partial charge is 0.325 e. The molecular formula is C21H18FN3O. The quantitative estimate of drug-likeness (QED) is 0.755. The molecule has 0 saturated carbocycles. The molecule has 0 unspecified atom stereocenters. The van der Waals surface area contributed by atoms with Crippen LogP contribution in [0.1, 0.15) is 22.3 Å². The maximum Gasteiger partial charge on any atom is 0.259 e. The van der Waals surface area contributed by atoms with Crippen LogP contribution >= 0.6 is 0 Å². The van der Waals surface area contributed by atoms with Gasteiger partial charge in [0.25, 0.3) is 5.91 Å². The van der Waals surface area contributed by atoms with E-state index in [1.165, 1.54) is 17.7 Å². The van der Waals surface area contributed by atoms with E-state index in [2.05, 4.69) is 27.3 Å². The summed E-state index contributed by atoms with van der Waals surface area (Å²) in [6.45, 7) is 0.810. The number of carbonyl (C=O) groups excluding carboxylic acids is 1. The molecule has 0 fully saturated rings. The van der Waals surface area contributed by atoms with Crippen molar-refractivity contribution >= 4 is 23.1 Å². The SMILES string of the molecule is O=C(Nc1ccc(F)cc1)c1cccnc1N1CCCc2ccccc21. The molecule has 4 rings (SSSR count). The van der Waals surface area contributed by atoms with Gasteiger partial charge in [-0.15, -0.1) is 0 Å². The van der Waals surface area contributed by atoms with Crippen LogP contribution in [0.25, 0.3) is 0 Å². The van der Waals surface area contributed by atoms with Gasteiger partial charge in [-0.05, 0) is 60.9 Å². The van der Waals surface area contributed by atoms with Crippen LogP contribution in [0, 0.1) is 5.82 Å². The number of para-hydroxylation sites is 1. The van der Waals surface area contributed by atoms with Gasteiger partial charge in [0, 0.05) is 24.1 Å². The molecule has 1 aliphatic heterocycles. The molecule has 0 saturated heterocycles. The highest BCUT2D eigenvalue weighted by atomic mass is 19.1. The lowest BCUT2D eigenvalue weighted by molar-refractivity contribution is 0.102. The topological polar surface area (TPSA) is 45.2 Å². The van der Waals surface area contributed by atoms with Crippen molar-refractivity contribution < 1.29 is 9.18 Å². The van der Waals surface area contributed by atoms with Gasteiger partial charge in [0.05, 0.1) is 5.56 Å². The molecule has 3 aromatic rings. The Morgan fingerprint density at radius 1 is 1.04 bits per heavy atom. The molecule has 130 valence electrons. The number of hydrogen-bond acceptors (Lipinski definition) is 3. The minimum Gasteiger partial charge on any atom is -0.325 e. The second-order valence-electron chi connectivity index (χ2n) is 6.22. The summed E-state index contributed by atoms with van der Waals surface area (Å²) in [5.74, 6) is 0.0389. The Kier molecular flexibility index (Phi) is 4.35. The standard InChI is InChI=1S/C21H18FN3O/c22-16-9-11-17(12-10-16)24-21(26)18-7-3-13-23-20(18)25-14-4-6-15-5-1-2-8-19(15)25/h1-3,5,7-13H,4,6,14H2,(H,24,26). The van der Waals surface area contributed by atoms with Gasteiger partial charge in [-0.2, -0.15) is 0 Å². The maximum atomic E-state index is 13.1. The Balaban J connectivity index is 1.67. The van der Waals surface area contributed by atoms with Crippen LogP contribution in [0.4, 0.5) is 21.6 Å². The number of fused-ring (bicyclic) bond motifs is 1. The summed E-state index contributed by atoms with van der Waals surface area (Å²) in [7, 11) is 0. The molecule has 0 spiro atoms. The summed E-state index contributed by atoms with van der Waals surface area (Å²) >= 11 is 0. The predicted octanol–water partition coefficient (Wildman–Crippen LogP) is 4.56. The van der Waals surface area contributed by atoms with Crippen LogP contribution in [0.3, 0.4) is 0 Å². The van der Waals surface area contributed by atoms with Gasteiger partial charge < -0.3 is 10.2 Å². The molecule has 0 atom stereocenters. The average Bonchev–Trinajstić information content (AvgIpc) is 2.69. The molecule has 1 N–H and O–H groups in total. The monoisotopic (exact) mass is 347 g/mol. The van der Waals surface area contributed by atoms with Crippen molar-refractivity contribution in [2.45, 2.75) is 12.8 Å². The van der Waals surface area contributed by atoms with E-state index in [9.17, 15) is 9.18 Å². The summed E-state index contributed by atoms with van der Waals surface area (Å²) in [5, 5.41) is 2.82. The molecule has 2 aromatic carbocycles.